The summed E-state index contributed by atoms with van der Waals surface area (Å²) < 4.78 is 0. The first-order valence-electron chi connectivity index (χ1n) is 11.9. The molecule has 5 heterocycles. The van der Waals surface area contributed by atoms with E-state index in [1.807, 2.05) is 30.5 Å². The quantitative estimate of drug-likeness (QED) is 0.668. The van der Waals surface area contributed by atoms with Crippen LogP contribution in [-0.4, -0.2) is 59.8 Å². The Kier molecular flexibility index (Phi) is 4.75. The Hall–Kier alpha value is -3.62. The molecule has 0 aliphatic carbocycles. The average molecular weight is 461 g/mol. The van der Waals surface area contributed by atoms with Gasteiger partial charge >= 0.3 is 0 Å². The molecule has 1 aromatic heterocycles. The van der Waals surface area contributed by atoms with Crippen LogP contribution in [-0.2, 0) is 16.1 Å². The van der Waals surface area contributed by atoms with Gasteiger partial charge in [0, 0.05) is 55.8 Å². The zero-order valence-corrected chi connectivity index (χ0v) is 19.0. The van der Waals surface area contributed by atoms with Crippen molar-refractivity contribution in [2.45, 2.75) is 38.3 Å². The monoisotopic (exact) mass is 460 g/mol. The van der Waals surface area contributed by atoms with E-state index in [0.29, 0.717) is 29.8 Å². The van der Waals surface area contributed by atoms with Crippen LogP contribution in [0.25, 0.3) is 0 Å². The second-order valence-electron chi connectivity index (χ2n) is 10.0. The van der Waals surface area contributed by atoms with Gasteiger partial charge in [-0.15, -0.1) is 0 Å². The van der Waals surface area contributed by atoms with Gasteiger partial charge in [0.1, 0.15) is 11.9 Å². The molecule has 0 saturated carbocycles. The first kappa shape index (κ1) is 20.9. The summed E-state index contributed by atoms with van der Waals surface area (Å²) in [5.74, 6) is -0.217. The highest BCUT2D eigenvalue weighted by molar-refractivity contribution is 6.05. The van der Waals surface area contributed by atoms with Crippen molar-refractivity contribution >= 4 is 34.9 Å². The molecule has 2 aromatic rings. The summed E-state index contributed by atoms with van der Waals surface area (Å²) in [6, 6.07) is 9.38. The van der Waals surface area contributed by atoms with Gasteiger partial charge in [-0.1, -0.05) is 6.07 Å². The molecule has 3 fully saturated rings. The molecule has 1 aromatic carbocycles. The lowest BCUT2D eigenvalue weighted by Crippen LogP contribution is -2.60. The molecule has 0 bridgehead atoms. The molecule has 6 rings (SSSR count). The summed E-state index contributed by atoms with van der Waals surface area (Å²) in [6.45, 7) is 4.40. The Balaban J connectivity index is 1.09. The normalized spacial score (nSPS) is 23.7. The highest BCUT2D eigenvalue weighted by Crippen LogP contribution is 2.43. The average Bonchev–Trinajstić information content (AvgIpc) is 3.14. The Morgan fingerprint density at radius 3 is 2.47 bits per heavy atom. The Morgan fingerprint density at radius 2 is 1.76 bits per heavy atom. The maximum Gasteiger partial charge on any atom is 0.255 e. The number of nitrogens with two attached hydrogens (primary N) is 1. The fraction of sp³-hybridized carbons (Fsp3) is 0.440. The van der Waals surface area contributed by atoms with Crippen molar-refractivity contribution in [1.29, 1.82) is 0 Å². The van der Waals surface area contributed by atoms with E-state index in [0.717, 1.165) is 56.0 Å². The first-order valence-corrected chi connectivity index (χ1v) is 11.9. The highest BCUT2D eigenvalue weighted by Gasteiger charge is 2.45. The number of fused-ring (bicyclic) bond motifs is 1. The molecular weight excluding hydrogens is 432 g/mol. The molecule has 3 N–H and O–H groups in total. The highest BCUT2D eigenvalue weighted by atomic mass is 16.2. The van der Waals surface area contributed by atoms with E-state index in [9.17, 15) is 14.4 Å². The lowest BCUT2D eigenvalue weighted by atomic mass is 9.71. The van der Waals surface area contributed by atoms with Gasteiger partial charge in [0.2, 0.25) is 11.8 Å². The number of piperidine rings is 2. The maximum atomic E-state index is 13.1. The number of hydrogen-bond acceptors (Lipinski definition) is 7. The molecule has 3 amide bonds. The number of benzene rings is 1. The second-order valence-corrected chi connectivity index (χ2v) is 10.0. The minimum absolute atomic E-state index is 0.119. The van der Waals surface area contributed by atoms with E-state index in [4.69, 9.17) is 5.73 Å². The molecule has 9 nitrogen and oxygen atoms in total. The van der Waals surface area contributed by atoms with Gasteiger partial charge in [-0.25, -0.2) is 4.98 Å². The number of anilines is 3. The van der Waals surface area contributed by atoms with Gasteiger partial charge < -0.3 is 20.4 Å². The number of nitrogens with zero attached hydrogens (tertiary/aromatic N) is 4. The third kappa shape index (κ3) is 3.46. The van der Waals surface area contributed by atoms with Crippen LogP contribution in [0.2, 0.25) is 0 Å². The number of rotatable bonds is 3. The lowest BCUT2D eigenvalue weighted by molar-refractivity contribution is -0.136. The molecule has 9 heteroatoms. The van der Waals surface area contributed by atoms with Gasteiger partial charge in [-0.3, -0.25) is 19.7 Å². The van der Waals surface area contributed by atoms with Crippen LogP contribution in [0.15, 0.2) is 36.5 Å². The molecule has 34 heavy (non-hydrogen) atoms. The minimum atomic E-state index is -0.575. The van der Waals surface area contributed by atoms with E-state index in [2.05, 4.69) is 26.2 Å². The number of hydrogen-bond donors (Lipinski definition) is 2. The molecule has 176 valence electrons. The summed E-state index contributed by atoms with van der Waals surface area (Å²) in [7, 11) is 0. The Labute approximate surface area is 197 Å². The predicted octanol–water partition coefficient (Wildman–Crippen LogP) is 1.53. The summed E-state index contributed by atoms with van der Waals surface area (Å²) >= 11 is 0. The van der Waals surface area contributed by atoms with Crippen molar-refractivity contribution in [3.05, 3.63) is 47.7 Å². The van der Waals surface area contributed by atoms with Gasteiger partial charge in [0.15, 0.2) is 0 Å². The van der Waals surface area contributed by atoms with Gasteiger partial charge in [-0.05, 0) is 49.1 Å². The van der Waals surface area contributed by atoms with E-state index < -0.39 is 6.04 Å². The van der Waals surface area contributed by atoms with E-state index >= 15 is 0 Å². The standard InChI is InChI=1S/C25H28N6O3/c26-21-5-3-18(12-27-21)30-14-25(15-30)7-9-29(10-8-25)17-2-1-16-13-31(24(34)19(16)11-17)20-4-6-22(32)28-23(20)33/h1-3,5,11-12,20H,4,6-10,13-15H2,(H2,26,27)(H,28,32,33). The summed E-state index contributed by atoms with van der Waals surface area (Å²) in [5, 5.41) is 2.36. The number of aromatic nitrogens is 1. The Morgan fingerprint density at radius 1 is 1.00 bits per heavy atom. The zero-order chi connectivity index (χ0) is 23.4. The van der Waals surface area contributed by atoms with Crippen LogP contribution in [0.5, 0.6) is 0 Å². The van der Waals surface area contributed by atoms with Crippen molar-refractivity contribution in [3.8, 4) is 0 Å². The van der Waals surface area contributed by atoms with Crippen LogP contribution >= 0.6 is 0 Å². The molecule has 1 spiro atoms. The van der Waals surface area contributed by atoms with Crippen molar-refractivity contribution < 1.29 is 14.4 Å². The van der Waals surface area contributed by atoms with Crippen LogP contribution in [0, 0.1) is 5.41 Å². The zero-order valence-electron chi connectivity index (χ0n) is 19.0. The number of carbonyl (C=O) groups is 3. The number of imide groups is 1. The van der Waals surface area contributed by atoms with Gasteiger partial charge in [0.25, 0.3) is 5.91 Å². The second kappa shape index (κ2) is 7.72. The minimum Gasteiger partial charge on any atom is -0.384 e. The SMILES string of the molecule is Nc1ccc(N2CC3(CCN(c4ccc5c(c4)C(=O)N(C4CCC(=O)NC4=O)C5)CC3)C2)cn1. The van der Waals surface area contributed by atoms with Gasteiger partial charge in [-0.2, -0.15) is 0 Å². The summed E-state index contributed by atoms with van der Waals surface area (Å²) in [4.78, 5) is 47.4. The summed E-state index contributed by atoms with van der Waals surface area (Å²) in [6.07, 6.45) is 4.72. The Bertz CT molecular complexity index is 1160. The number of carbonyl (C=O) groups excluding carboxylic acids is 3. The van der Waals surface area contributed by atoms with E-state index in [1.54, 1.807) is 4.90 Å². The lowest BCUT2D eigenvalue weighted by Gasteiger charge is -2.55. The van der Waals surface area contributed by atoms with Crippen LogP contribution < -0.4 is 20.9 Å². The fourth-order valence-corrected chi connectivity index (χ4v) is 5.83. The third-order valence-electron chi connectivity index (χ3n) is 7.89. The van der Waals surface area contributed by atoms with Crippen molar-refractivity contribution in [1.82, 2.24) is 15.2 Å². The van der Waals surface area contributed by atoms with E-state index in [1.165, 1.54) is 0 Å². The maximum absolute atomic E-state index is 13.1. The van der Waals surface area contributed by atoms with E-state index in [-0.39, 0.29) is 24.1 Å². The van der Waals surface area contributed by atoms with Crippen molar-refractivity contribution in [2.24, 2.45) is 5.41 Å². The van der Waals surface area contributed by atoms with Crippen molar-refractivity contribution in [3.63, 3.8) is 0 Å². The summed E-state index contributed by atoms with van der Waals surface area (Å²) in [5.41, 5.74) is 9.85. The smallest absolute Gasteiger partial charge is 0.255 e. The number of amides is 3. The molecule has 1 unspecified atom stereocenters. The predicted molar refractivity (Wildman–Crippen MR) is 127 cm³/mol. The number of nitrogens with one attached hydrogen (secondary N) is 1. The fourth-order valence-electron chi connectivity index (χ4n) is 5.83. The first-order chi connectivity index (χ1) is 16.4. The number of pyridine rings is 1. The molecule has 3 saturated heterocycles. The van der Waals surface area contributed by atoms with Crippen molar-refractivity contribution in [2.75, 3.05) is 41.7 Å². The molecule has 4 aliphatic heterocycles. The molecule has 1 atom stereocenters. The topological polar surface area (TPSA) is 112 Å². The molecule has 4 aliphatic rings. The molecular formula is C25H28N6O3. The largest absolute Gasteiger partial charge is 0.384 e. The van der Waals surface area contributed by atoms with Gasteiger partial charge in [0.05, 0.1) is 11.9 Å². The number of nitrogen functional groups attached to an aromatic ring is 1. The van der Waals surface area contributed by atoms with Crippen LogP contribution in [0.3, 0.4) is 0 Å². The van der Waals surface area contributed by atoms with Crippen LogP contribution in [0.1, 0.15) is 41.6 Å². The van der Waals surface area contributed by atoms with Crippen LogP contribution in [0.4, 0.5) is 17.2 Å². The molecule has 0 radical (unpaired) electrons. The third-order valence-corrected chi connectivity index (χ3v) is 7.89.